The topological polar surface area (TPSA) is 72.8 Å². The predicted molar refractivity (Wildman–Crippen MR) is 106 cm³/mol. The molecule has 0 aromatic heterocycles. The fourth-order valence-corrected chi connectivity index (χ4v) is 3.46. The van der Waals surface area contributed by atoms with Crippen molar-refractivity contribution in [2.45, 2.75) is 24.7 Å². The number of piperidine rings is 1. The maximum absolute atomic E-state index is 12.7. The number of aliphatic hydroxyl groups excluding tert-OH is 1. The first kappa shape index (κ1) is 20.1. The number of amides is 1. The number of benzene rings is 2. The second-order valence-electron chi connectivity index (χ2n) is 6.87. The van der Waals surface area contributed by atoms with Crippen molar-refractivity contribution in [3.8, 4) is 0 Å². The largest absolute Gasteiger partial charge is 0.390 e. The molecule has 0 radical (unpaired) electrons. The normalized spacial score (nSPS) is 22.7. The summed E-state index contributed by atoms with van der Waals surface area (Å²) in [6, 6.07) is 14.0. The summed E-state index contributed by atoms with van der Waals surface area (Å²) in [6.45, 7) is 1.14. The van der Waals surface area contributed by atoms with Crippen LogP contribution in [-0.2, 0) is 6.54 Å². The van der Waals surface area contributed by atoms with E-state index in [-0.39, 0.29) is 19.0 Å². The van der Waals surface area contributed by atoms with Crippen molar-refractivity contribution in [3.63, 3.8) is 0 Å². The molecule has 0 spiro atoms. The van der Waals surface area contributed by atoms with Crippen molar-refractivity contribution in [2.24, 2.45) is 0 Å². The highest BCUT2D eigenvalue weighted by molar-refractivity contribution is 6.30. The molecule has 1 aliphatic rings. The number of rotatable bonds is 5. The molecular weight excluding hydrogens is 387 g/mol. The molecule has 0 aliphatic carbocycles. The summed E-state index contributed by atoms with van der Waals surface area (Å²) in [6.07, 6.45) is -0.581. The van der Waals surface area contributed by atoms with E-state index in [0.717, 1.165) is 5.56 Å². The SMILES string of the molecule is O=C(c1ccc(Cl)cc1)N1CC[C@@H](O)[C@](O)(CNCc2ccc(Cl)cc2)C1. The number of β-amino-alcohol motifs (C(OH)–C–C–N with tert-alkyl or cyclic N) is 1. The lowest BCUT2D eigenvalue weighted by molar-refractivity contribution is -0.111. The number of nitrogens with one attached hydrogen (secondary N) is 1. The molecule has 2 atom stereocenters. The van der Waals surface area contributed by atoms with Gasteiger partial charge in [0.15, 0.2) is 0 Å². The van der Waals surface area contributed by atoms with Crippen LogP contribution in [0.15, 0.2) is 48.5 Å². The molecule has 7 heteroatoms. The van der Waals surface area contributed by atoms with Crippen LogP contribution in [0.3, 0.4) is 0 Å². The minimum Gasteiger partial charge on any atom is -0.390 e. The molecule has 0 bridgehead atoms. The van der Waals surface area contributed by atoms with Crippen molar-refractivity contribution < 1.29 is 15.0 Å². The number of hydrogen-bond acceptors (Lipinski definition) is 4. The second kappa shape index (κ2) is 8.59. The van der Waals surface area contributed by atoms with Gasteiger partial charge in [0.1, 0.15) is 5.60 Å². The van der Waals surface area contributed by atoms with Crippen LogP contribution in [0.25, 0.3) is 0 Å². The molecule has 3 rings (SSSR count). The molecule has 0 saturated carbocycles. The molecule has 0 unspecified atom stereocenters. The predicted octanol–water partition coefficient (Wildman–Crippen LogP) is 2.72. The summed E-state index contributed by atoms with van der Waals surface area (Å²) >= 11 is 11.7. The Labute approximate surface area is 168 Å². The van der Waals surface area contributed by atoms with Gasteiger partial charge in [-0.15, -0.1) is 0 Å². The number of aliphatic hydroxyl groups is 2. The quantitative estimate of drug-likeness (QED) is 0.710. The first-order chi connectivity index (χ1) is 12.9. The lowest BCUT2D eigenvalue weighted by Gasteiger charge is -2.42. The Hall–Kier alpha value is -1.63. The zero-order valence-electron chi connectivity index (χ0n) is 14.7. The smallest absolute Gasteiger partial charge is 0.253 e. The van der Waals surface area contributed by atoms with Crippen LogP contribution in [-0.4, -0.2) is 52.4 Å². The van der Waals surface area contributed by atoms with Gasteiger partial charge in [0.2, 0.25) is 0 Å². The number of hydrogen-bond donors (Lipinski definition) is 3. The van der Waals surface area contributed by atoms with Crippen LogP contribution in [0, 0.1) is 0 Å². The Morgan fingerprint density at radius 1 is 1.11 bits per heavy atom. The van der Waals surface area contributed by atoms with Crippen LogP contribution in [0.2, 0.25) is 10.0 Å². The number of likely N-dealkylation sites (tertiary alicyclic amines) is 1. The molecular formula is C20H22Cl2N2O3. The minimum absolute atomic E-state index is 0.0588. The van der Waals surface area contributed by atoms with Crippen LogP contribution in [0.1, 0.15) is 22.3 Å². The van der Waals surface area contributed by atoms with E-state index in [9.17, 15) is 15.0 Å². The van der Waals surface area contributed by atoms with Crippen molar-refractivity contribution in [1.29, 1.82) is 0 Å². The number of carbonyl (C=O) groups is 1. The maximum atomic E-state index is 12.7. The molecule has 144 valence electrons. The molecule has 1 aliphatic heterocycles. The highest BCUT2D eigenvalue weighted by Gasteiger charge is 2.42. The average Bonchev–Trinajstić information content (AvgIpc) is 2.66. The molecule has 1 fully saturated rings. The van der Waals surface area contributed by atoms with E-state index in [1.165, 1.54) is 0 Å². The van der Waals surface area contributed by atoms with Gasteiger partial charge in [-0.3, -0.25) is 4.79 Å². The lowest BCUT2D eigenvalue weighted by Crippen LogP contribution is -2.62. The third-order valence-electron chi connectivity index (χ3n) is 4.81. The van der Waals surface area contributed by atoms with Crippen molar-refractivity contribution >= 4 is 29.1 Å². The number of halogens is 2. The minimum atomic E-state index is -1.41. The fourth-order valence-electron chi connectivity index (χ4n) is 3.21. The monoisotopic (exact) mass is 408 g/mol. The van der Waals surface area contributed by atoms with Crippen LogP contribution in [0.5, 0.6) is 0 Å². The number of carbonyl (C=O) groups excluding carboxylic acids is 1. The summed E-state index contributed by atoms with van der Waals surface area (Å²) in [5, 5.41) is 25.6. The van der Waals surface area contributed by atoms with Crippen LogP contribution in [0.4, 0.5) is 0 Å². The zero-order valence-corrected chi connectivity index (χ0v) is 16.2. The van der Waals surface area contributed by atoms with Crippen LogP contribution < -0.4 is 5.32 Å². The highest BCUT2D eigenvalue weighted by atomic mass is 35.5. The molecule has 1 saturated heterocycles. The van der Waals surface area contributed by atoms with Gasteiger partial charge in [-0.1, -0.05) is 35.3 Å². The van der Waals surface area contributed by atoms with Gasteiger partial charge in [0, 0.05) is 35.2 Å². The van der Waals surface area contributed by atoms with E-state index in [0.29, 0.717) is 35.1 Å². The van der Waals surface area contributed by atoms with E-state index in [1.54, 1.807) is 41.3 Å². The van der Waals surface area contributed by atoms with E-state index in [1.807, 2.05) is 12.1 Å². The van der Waals surface area contributed by atoms with Gasteiger partial charge in [0.25, 0.3) is 5.91 Å². The Kier molecular flexibility index (Phi) is 6.40. The molecule has 27 heavy (non-hydrogen) atoms. The molecule has 1 amide bonds. The third kappa shape index (κ3) is 5.00. The standard InChI is InChI=1S/C20H22Cl2N2O3/c21-16-5-1-14(2-6-16)11-23-12-20(27)13-24(10-9-18(20)25)19(26)15-3-7-17(22)8-4-15/h1-8,18,23,25,27H,9-13H2/t18-,20+/m1/s1. The molecule has 2 aromatic carbocycles. The Bertz CT molecular complexity index is 783. The van der Waals surface area contributed by atoms with Crippen molar-refractivity contribution in [3.05, 3.63) is 69.7 Å². The highest BCUT2D eigenvalue weighted by Crippen LogP contribution is 2.23. The number of nitrogens with zero attached hydrogens (tertiary/aromatic N) is 1. The Balaban J connectivity index is 1.61. The molecule has 5 nitrogen and oxygen atoms in total. The molecule has 1 heterocycles. The summed E-state index contributed by atoms with van der Waals surface area (Å²) in [7, 11) is 0. The first-order valence-electron chi connectivity index (χ1n) is 8.78. The average molecular weight is 409 g/mol. The summed E-state index contributed by atoms with van der Waals surface area (Å²) < 4.78 is 0. The second-order valence-corrected chi connectivity index (χ2v) is 7.74. The van der Waals surface area contributed by atoms with E-state index in [4.69, 9.17) is 23.2 Å². The van der Waals surface area contributed by atoms with Crippen LogP contribution >= 0.6 is 23.2 Å². The lowest BCUT2D eigenvalue weighted by atomic mass is 9.89. The van der Waals surface area contributed by atoms with E-state index < -0.39 is 11.7 Å². The van der Waals surface area contributed by atoms with E-state index in [2.05, 4.69) is 5.32 Å². The van der Waals surface area contributed by atoms with Gasteiger partial charge < -0.3 is 20.4 Å². The van der Waals surface area contributed by atoms with Gasteiger partial charge in [0.05, 0.1) is 12.6 Å². The van der Waals surface area contributed by atoms with Gasteiger partial charge >= 0.3 is 0 Å². The summed E-state index contributed by atoms with van der Waals surface area (Å²) in [5.74, 6) is -0.185. The molecule has 3 N–H and O–H groups in total. The summed E-state index contributed by atoms with van der Waals surface area (Å²) in [4.78, 5) is 14.3. The van der Waals surface area contributed by atoms with Gasteiger partial charge in [-0.2, -0.15) is 0 Å². The van der Waals surface area contributed by atoms with Crippen molar-refractivity contribution in [2.75, 3.05) is 19.6 Å². The fraction of sp³-hybridized carbons (Fsp3) is 0.350. The van der Waals surface area contributed by atoms with Crippen molar-refractivity contribution in [1.82, 2.24) is 10.2 Å². The first-order valence-corrected chi connectivity index (χ1v) is 9.53. The summed E-state index contributed by atoms with van der Waals surface area (Å²) in [5.41, 5.74) is 0.113. The Morgan fingerprint density at radius 2 is 1.70 bits per heavy atom. The van der Waals surface area contributed by atoms with E-state index >= 15 is 0 Å². The van der Waals surface area contributed by atoms with Gasteiger partial charge in [-0.25, -0.2) is 0 Å². The zero-order chi connectivity index (χ0) is 19.4. The third-order valence-corrected chi connectivity index (χ3v) is 5.31. The molecule has 2 aromatic rings. The Morgan fingerprint density at radius 3 is 2.33 bits per heavy atom. The van der Waals surface area contributed by atoms with Gasteiger partial charge in [-0.05, 0) is 48.4 Å². The maximum Gasteiger partial charge on any atom is 0.253 e.